The zero-order valence-electron chi connectivity index (χ0n) is 13.7. The van der Waals surface area contributed by atoms with Gasteiger partial charge < -0.3 is 20.2 Å². The predicted molar refractivity (Wildman–Crippen MR) is 88.3 cm³/mol. The molecular weight excluding hydrogens is 294 g/mol. The van der Waals surface area contributed by atoms with Crippen LogP contribution in [0, 0.1) is 11.8 Å². The van der Waals surface area contributed by atoms with Crippen LogP contribution < -0.4 is 15.1 Å². The highest BCUT2D eigenvalue weighted by atomic mass is 16.3. The number of amides is 2. The van der Waals surface area contributed by atoms with E-state index < -0.39 is 12.0 Å². The summed E-state index contributed by atoms with van der Waals surface area (Å²) in [5, 5.41) is 12.5. The summed E-state index contributed by atoms with van der Waals surface area (Å²) in [6.07, 6.45) is -0.747. The number of para-hydroxylation sites is 2. The largest absolute Gasteiger partial charge is 0.393 e. The van der Waals surface area contributed by atoms with Gasteiger partial charge in [-0.25, -0.2) is 0 Å². The second kappa shape index (κ2) is 5.85. The number of hydrogen-bond acceptors (Lipinski definition) is 4. The van der Waals surface area contributed by atoms with Crippen molar-refractivity contribution in [3.63, 3.8) is 0 Å². The Balaban J connectivity index is 1.81. The average Bonchev–Trinajstić information content (AvgIpc) is 2.51. The summed E-state index contributed by atoms with van der Waals surface area (Å²) >= 11 is 0. The van der Waals surface area contributed by atoms with Crippen LogP contribution in [0.25, 0.3) is 0 Å². The van der Waals surface area contributed by atoms with E-state index in [2.05, 4.69) is 10.2 Å². The molecule has 124 valence electrons. The van der Waals surface area contributed by atoms with E-state index >= 15 is 0 Å². The van der Waals surface area contributed by atoms with Gasteiger partial charge in [-0.05, 0) is 19.1 Å². The molecule has 3 rings (SSSR count). The number of likely N-dealkylation sites (N-methyl/N-ethyl adjacent to an activating group) is 1. The van der Waals surface area contributed by atoms with Crippen molar-refractivity contribution in [2.45, 2.75) is 26.0 Å². The van der Waals surface area contributed by atoms with Crippen molar-refractivity contribution in [2.75, 3.05) is 29.9 Å². The molecule has 1 aromatic rings. The quantitative estimate of drug-likeness (QED) is 0.801. The average molecular weight is 317 g/mol. The van der Waals surface area contributed by atoms with Gasteiger partial charge in [0.05, 0.1) is 35.4 Å². The summed E-state index contributed by atoms with van der Waals surface area (Å²) in [5.74, 6) is -1.06. The summed E-state index contributed by atoms with van der Waals surface area (Å²) in [5.41, 5.74) is 1.93. The maximum atomic E-state index is 13.0. The molecule has 0 aliphatic carbocycles. The number of fused-ring (bicyclic) bond motifs is 1. The van der Waals surface area contributed by atoms with E-state index in [0.29, 0.717) is 6.54 Å². The van der Waals surface area contributed by atoms with Crippen LogP contribution in [0.3, 0.4) is 0 Å². The number of nitrogens with zero attached hydrogens (tertiary/aromatic N) is 2. The van der Waals surface area contributed by atoms with Crippen LogP contribution in [0.4, 0.5) is 11.4 Å². The highest BCUT2D eigenvalue weighted by Crippen LogP contribution is 2.34. The molecule has 1 unspecified atom stereocenters. The highest BCUT2D eigenvalue weighted by molar-refractivity contribution is 6.00. The number of anilines is 2. The summed E-state index contributed by atoms with van der Waals surface area (Å²) < 4.78 is 0. The Morgan fingerprint density at radius 3 is 2.52 bits per heavy atom. The molecule has 23 heavy (non-hydrogen) atoms. The Morgan fingerprint density at radius 2 is 1.91 bits per heavy atom. The fourth-order valence-electron chi connectivity index (χ4n) is 3.51. The number of nitrogens with one attached hydrogen (secondary N) is 1. The van der Waals surface area contributed by atoms with E-state index in [4.69, 9.17) is 0 Å². The first kappa shape index (κ1) is 15.8. The maximum Gasteiger partial charge on any atom is 0.232 e. The molecule has 2 amide bonds. The molecule has 0 aromatic heterocycles. The van der Waals surface area contributed by atoms with Crippen molar-refractivity contribution < 1.29 is 14.7 Å². The Kier molecular flexibility index (Phi) is 4.02. The topological polar surface area (TPSA) is 72.9 Å². The fraction of sp³-hybridized carbons (Fsp3) is 0.529. The Hall–Kier alpha value is -2.08. The minimum absolute atomic E-state index is 0.0128. The van der Waals surface area contributed by atoms with Gasteiger partial charge in [-0.1, -0.05) is 19.1 Å². The van der Waals surface area contributed by atoms with E-state index in [0.717, 1.165) is 17.9 Å². The third-order valence-corrected chi connectivity index (χ3v) is 4.96. The van der Waals surface area contributed by atoms with Crippen LogP contribution >= 0.6 is 0 Å². The third-order valence-electron chi connectivity index (χ3n) is 4.96. The van der Waals surface area contributed by atoms with Crippen LogP contribution in [-0.2, 0) is 9.59 Å². The van der Waals surface area contributed by atoms with Gasteiger partial charge in [0.15, 0.2) is 0 Å². The van der Waals surface area contributed by atoms with E-state index in [1.165, 1.54) is 0 Å². The maximum absolute atomic E-state index is 13.0. The number of aliphatic hydroxyl groups is 1. The van der Waals surface area contributed by atoms with Crippen LogP contribution in [0.1, 0.15) is 13.8 Å². The molecule has 0 radical (unpaired) electrons. The first-order valence-electron chi connectivity index (χ1n) is 8.02. The lowest BCUT2D eigenvalue weighted by Gasteiger charge is -2.44. The molecule has 1 saturated heterocycles. The minimum atomic E-state index is -0.747. The molecule has 2 aliphatic rings. The molecule has 4 atom stereocenters. The van der Waals surface area contributed by atoms with Gasteiger partial charge in [0.25, 0.3) is 0 Å². The van der Waals surface area contributed by atoms with Crippen molar-refractivity contribution in [1.82, 2.24) is 5.32 Å². The number of hydrogen-bond donors (Lipinski definition) is 2. The van der Waals surface area contributed by atoms with Crippen molar-refractivity contribution in [3.05, 3.63) is 24.3 Å². The number of benzene rings is 1. The van der Waals surface area contributed by atoms with E-state index in [1.54, 1.807) is 11.8 Å². The molecule has 0 bridgehead atoms. The van der Waals surface area contributed by atoms with E-state index in [1.807, 2.05) is 38.2 Å². The Bertz CT molecular complexity index is 631. The van der Waals surface area contributed by atoms with Crippen molar-refractivity contribution >= 4 is 23.2 Å². The summed E-state index contributed by atoms with van der Waals surface area (Å²) in [6, 6.07) is 7.53. The zero-order valence-corrected chi connectivity index (χ0v) is 13.7. The van der Waals surface area contributed by atoms with E-state index in [-0.39, 0.29) is 23.8 Å². The minimum Gasteiger partial charge on any atom is -0.393 e. The second-order valence-electron chi connectivity index (χ2n) is 6.49. The molecule has 6 nitrogen and oxygen atoms in total. The van der Waals surface area contributed by atoms with Crippen molar-refractivity contribution in [1.29, 1.82) is 0 Å². The molecular formula is C17H23N3O3. The van der Waals surface area contributed by atoms with Gasteiger partial charge in [-0.15, -0.1) is 0 Å². The number of β-lactam (4-membered cyclic amide) rings is 1. The predicted octanol–water partition coefficient (Wildman–Crippen LogP) is 0.601. The number of carbonyl (C=O) groups is 2. The normalized spacial score (nSPS) is 26.0. The molecule has 1 fully saturated rings. The van der Waals surface area contributed by atoms with E-state index in [9.17, 15) is 14.7 Å². The summed E-state index contributed by atoms with van der Waals surface area (Å²) in [6.45, 7) is 4.81. The molecule has 0 spiro atoms. The molecule has 2 aliphatic heterocycles. The highest BCUT2D eigenvalue weighted by Gasteiger charge is 2.48. The number of carbonyl (C=O) groups excluding carboxylic acids is 2. The molecule has 2 N–H and O–H groups in total. The Labute approximate surface area is 136 Å². The summed E-state index contributed by atoms with van der Waals surface area (Å²) in [7, 11) is 2.01. The molecule has 1 aromatic carbocycles. The van der Waals surface area contributed by atoms with Crippen LogP contribution in [0.15, 0.2) is 24.3 Å². The third kappa shape index (κ3) is 2.57. The van der Waals surface area contributed by atoms with Crippen LogP contribution in [0.2, 0.25) is 0 Å². The van der Waals surface area contributed by atoms with Gasteiger partial charge in [0, 0.05) is 20.1 Å². The van der Waals surface area contributed by atoms with Gasteiger partial charge >= 0.3 is 0 Å². The van der Waals surface area contributed by atoms with Crippen molar-refractivity contribution in [3.8, 4) is 0 Å². The van der Waals surface area contributed by atoms with Crippen molar-refractivity contribution in [2.24, 2.45) is 11.8 Å². The SMILES string of the molecule is CC(C(=O)N1CCN(C)c2ccccc21)[C@H]1NC(=O)[C@@H]1[C@@H](C)O. The number of aliphatic hydroxyl groups excluding tert-OH is 1. The molecule has 6 heteroatoms. The van der Waals surface area contributed by atoms with Gasteiger partial charge in [-0.2, -0.15) is 0 Å². The lowest BCUT2D eigenvalue weighted by atomic mass is 9.78. The monoisotopic (exact) mass is 317 g/mol. The first-order valence-corrected chi connectivity index (χ1v) is 8.02. The first-order chi connectivity index (χ1) is 10.9. The van der Waals surface area contributed by atoms with Gasteiger partial charge in [0.2, 0.25) is 11.8 Å². The molecule has 2 heterocycles. The standard InChI is InChI=1S/C17H23N3O3/c1-10(15-14(11(2)21)16(22)18-15)17(23)20-9-8-19(3)12-6-4-5-7-13(12)20/h4-7,10-11,14-15,21H,8-9H2,1-3H3,(H,18,22)/t10?,11-,14-,15-/m1/s1. The van der Waals surface area contributed by atoms with Gasteiger partial charge in [-0.3, -0.25) is 9.59 Å². The zero-order chi connectivity index (χ0) is 16.7. The number of rotatable bonds is 3. The second-order valence-corrected chi connectivity index (χ2v) is 6.49. The lowest BCUT2D eigenvalue weighted by molar-refractivity contribution is -0.144. The smallest absolute Gasteiger partial charge is 0.232 e. The fourth-order valence-corrected chi connectivity index (χ4v) is 3.51. The Morgan fingerprint density at radius 1 is 1.26 bits per heavy atom. The lowest BCUT2D eigenvalue weighted by Crippen LogP contribution is -2.66. The summed E-state index contributed by atoms with van der Waals surface area (Å²) in [4.78, 5) is 28.5. The molecule has 0 saturated carbocycles. The van der Waals surface area contributed by atoms with Crippen LogP contribution in [0.5, 0.6) is 0 Å². The van der Waals surface area contributed by atoms with Crippen LogP contribution in [-0.4, -0.2) is 49.2 Å². The van der Waals surface area contributed by atoms with Gasteiger partial charge in [0.1, 0.15) is 0 Å².